The maximum Gasteiger partial charge on any atom is 0.282 e. The second kappa shape index (κ2) is 5.01. The van der Waals surface area contributed by atoms with Crippen LogP contribution >= 0.6 is 27.3 Å². The van der Waals surface area contributed by atoms with Crippen LogP contribution in [0.25, 0.3) is 0 Å². The Bertz CT molecular complexity index is 565. The van der Waals surface area contributed by atoms with Gasteiger partial charge in [-0.15, -0.1) is 11.3 Å². The van der Waals surface area contributed by atoms with E-state index < -0.39 is 0 Å². The molecule has 90 valence electrons. The van der Waals surface area contributed by atoms with Crippen molar-refractivity contribution in [2.75, 3.05) is 5.32 Å². The summed E-state index contributed by atoms with van der Waals surface area (Å²) in [6, 6.07) is 4.22. The Morgan fingerprint density at radius 3 is 3.00 bits per heavy atom. The largest absolute Gasteiger partial charge is 0.375 e. The third-order valence-electron chi connectivity index (χ3n) is 2.42. The van der Waals surface area contributed by atoms with Crippen LogP contribution in [0.4, 0.5) is 5.69 Å². The molecule has 0 bridgehead atoms. The molecule has 4 nitrogen and oxygen atoms in total. The van der Waals surface area contributed by atoms with E-state index in [0.29, 0.717) is 10.2 Å². The van der Waals surface area contributed by atoms with Crippen LogP contribution in [-0.2, 0) is 7.05 Å². The van der Waals surface area contributed by atoms with E-state index in [1.807, 2.05) is 11.4 Å². The van der Waals surface area contributed by atoms with E-state index in [0.717, 1.165) is 0 Å². The third kappa shape index (κ3) is 2.58. The molecule has 0 fully saturated rings. The summed E-state index contributed by atoms with van der Waals surface area (Å²) in [5.74, 6) is 0. The third-order valence-corrected chi connectivity index (χ3v) is 4.24. The molecule has 0 saturated heterocycles. The van der Waals surface area contributed by atoms with Gasteiger partial charge in [0.05, 0.1) is 17.9 Å². The van der Waals surface area contributed by atoms with Crippen LogP contribution in [0.2, 0.25) is 0 Å². The number of anilines is 1. The Balaban J connectivity index is 2.25. The van der Waals surface area contributed by atoms with Crippen LogP contribution in [0.5, 0.6) is 0 Å². The zero-order valence-corrected chi connectivity index (χ0v) is 11.9. The summed E-state index contributed by atoms with van der Waals surface area (Å²) in [5.41, 5.74) is 0.572. The Morgan fingerprint density at radius 1 is 1.59 bits per heavy atom. The molecule has 0 spiro atoms. The van der Waals surface area contributed by atoms with Gasteiger partial charge in [-0.3, -0.25) is 4.79 Å². The van der Waals surface area contributed by atoms with Crippen molar-refractivity contribution in [1.82, 2.24) is 9.78 Å². The number of aryl methyl sites for hydroxylation is 1. The molecule has 1 unspecified atom stereocenters. The van der Waals surface area contributed by atoms with Gasteiger partial charge in [-0.1, -0.05) is 6.07 Å². The molecule has 2 aromatic rings. The lowest BCUT2D eigenvalue weighted by Gasteiger charge is -2.14. The Hall–Kier alpha value is -1.14. The summed E-state index contributed by atoms with van der Waals surface area (Å²) in [7, 11) is 1.62. The van der Waals surface area contributed by atoms with E-state index in [2.05, 4.69) is 39.3 Å². The van der Waals surface area contributed by atoms with Gasteiger partial charge in [-0.05, 0) is 34.3 Å². The van der Waals surface area contributed by atoms with E-state index in [9.17, 15) is 4.79 Å². The lowest BCUT2D eigenvalue weighted by molar-refractivity contribution is 0.701. The molecule has 17 heavy (non-hydrogen) atoms. The first-order valence-electron chi connectivity index (χ1n) is 5.11. The normalized spacial score (nSPS) is 12.4. The van der Waals surface area contributed by atoms with Crippen molar-refractivity contribution >= 4 is 33.0 Å². The zero-order chi connectivity index (χ0) is 12.4. The molecule has 0 aliphatic heterocycles. The van der Waals surface area contributed by atoms with Gasteiger partial charge in [0.15, 0.2) is 0 Å². The van der Waals surface area contributed by atoms with Crippen molar-refractivity contribution in [1.29, 1.82) is 0 Å². The van der Waals surface area contributed by atoms with E-state index in [1.54, 1.807) is 24.6 Å². The molecule has 0 saturated carbocycles. The fraction of sp³-hybridized carbons (Fsp3) is 0.273. The maximum atomic E-state index is 11.7. The number of hydrogen-bond acceptors (Lipinski definition) is 4. The monoisotopic (exact) mass is 313 g/mol. The first-order chi connectivity index (χ1) is 8.09. The van der Waals surface area contributed by atoms with Gasteiger partial charge in [-0.25, -0.2) is 4.68 Å². The number of nitrogens with zero attached hydrogens (tertiary/aromatic N) is 2. The lowest BCUT2D eigenvalue weighted by atomic mass is 10.2. The number of hydrogen-bond donors (Lipinski definition) is 1. The summed E-state index contributed by atoms with van der Waals surface area (Å²) in [5, 5.41) is 9.29. The molecule has 2 aromatic heterocycles. The molecule has 0 aromatic carbocycles. The Labute approximate surface area is 111 Å². The van der Waals surface area contributed by atoms with Crippen molar-refractivity contribution in [3.63, 3.8) is 0 Å². The van der Waals surface area contributed by atoms with Crippen LogP contribution in [0.1, 0.15) is 17.8 Å². The lowest BCUT2D eigenvalue weighted by Crippen LogP contribution is -2.21. The predicted molar refractivity (Wildman–Crippen MR) is 73.5 cm³/mol. The van der Waals surface area contributed by atoms with Crippen LogP contribution in [0, 0.1) is 0 Å². The number of halogens is 1. The molecule has 0 amide bonds. The molecular weight excluding hydrogens is 302 g/mol. The van der Waals surface area contributed by atoms with Gasteiger partial charge in [-0.2, -0.15) is 5.10 Å². The molecule has 1 N–H and O–H groups in total. The van der Waals surface area contributed by atoms with Crippen molar-refractivity contribution in [2.45, 2.75) is 13.0 Å². The highest BCUT2D eigenvalue weighted by molar-refractivity contribution is 9.10. The fourth-order valence-corrected chi connectivity index (χ4v) is 2.66. The van der Waals surface area contributed by atoms with Crippen molar-refractivity contribution < 1.29 is 0 Å². The topological polar surface area (TPSA) is 46.9 Å². The number of aromatic nitrogens is 2. The quantitative estimate of drug-likeness (QED) is 0.947. The molecule has 2 rings (SSSR count). The minimum atomic E-state index is -0.145. The van der Waals surface area contributed by atoms with Crippen LogP contribution < -0.4 is 10.9 Å². The fourth-order valence-electron chi connectivity index (χ4n) is 1.45. The minimum absolute atomic E-state index is 0.145. The average Bonchev–Trinajstić information content (AvgIpc) is 2.83. The van der Waals surface area contributed by atoms with Crippen molar-refractivity contribution in [3.05, 3.63) is 43.4 Å². The SMILES string of the molecule is CC(Nc1cnn(C)c(=O)c1Br)c1cccs1. The van der Waals surface area contributed by atoms with Crippen molar-refractivity contribution in [2.24, 2.45) is 7.05 Å². The summed E-state index contributed by atoms with van der Waals surface area (Å²) in [6.07, 6.45) is 1.65. The number of rotatable bonds is 3. The van der Waals surface area contributed by atoms with Crippen LogP contribution in [-0.4, -0.2) is 9.78 Å². The second-order valence-corrected chi connectivity index (χ2v) is 5.45. The van der Waals surface area contributed by atoms with Gasteiger partial charge in [0, 0.05) is 11.9 Å². The summed E-state index contributed by atoms with van der Waals surface area (Å²) >= 11 is 4.97. The molecule has 2 heterocycles. The first-order valence-corrected chi connectivity index (χ1v) is 6.78. The summed E-state index contributed by atoms with van der Waals surface area (Å²) in [6.45, 7) is 2.05. The van der Waals surface area contributed by atoms with Gasteiger partial charge >= 0.3 is 0 Å². The predicted octanol–water partition coefficient (Wildman–Crippen LogP) is 2.78. The van der Waals surface area contributed by atoms with Gasteiger partial charge < -0.3 is 5.32 Å². The molecule has 0 aliphatic carbocycles. The highest BCUT2D eigenvalue weighted by Gasteiger charge is 2.11. The highest BCUT2D eigenvalue weighted by Crippen LogP contribution is 2.25. The standard InChI is InChI=1S/C11H12BrN3OS/c1-7(9-4-3-5-17-9)14-8-6-13-15(2)11(16)10(8)12/h3-7,14H,1-2H3. The number of nitrogens with one attached hydrogen (secondary N) is 1. The highest BCUT2D eigenvalue weighted by atomic mass is 79.9. The molecule has 6 heteroatoms. The van der Waals surface area contributed by atoms with Gasteiger partial charge in [0.1, 0.15) is 4.47 Å². The smallest absolute Gasteiger partial charge is 0.282 e. The summed E-state index contributed by atoms with van der Waals surface area (Å²) in [4.78, 5) is 12.9. The Morgan fingerprint density at radius 2 is 2.35 bits per heavy atom. The molecule has 1 atom stereocenters. The van der Waals surface area contributed by atoms with E-state index >= 15 is 0 Å². The van der Waals surface area contributed by atoms with E-state index in [1.165, 1.54) is 9.56 Å². The average molecular weight is 314 g/mol. The molecule has 0 aliphatic rings. The van der Waals surface area contributed by atoms with Crippen LogP contribution in [0.3, 0.4) is 0 Å². The van der Waals surface area contributed by atoms with Crippen LogP contribution in [0.15, 0.2) is 33.0 Å². The molecular formula is C11H12BrN3OS. The van der Waals surface area contributed by atoms with Crippen molar-refractivity contribution in [3.8, 4) is 0 Å². The maximum absolute atomic E-state index is 11.7. The Kier molecular flexibility index (Phi) is 3.63. The second-order valence-electron chi connectivity index (χ2n) is 3.68. The minimum Gasteiger partial charge on any atom is -0.375 e. The number of thiophene rings is 1. The zero-order valence-electron chi connectivity index (χ0n) is 9.48. The van der Waals surface area contributed by atoms with E-state index in [-0.39, 0.29) is 11.6 Å². The summed E-state index contributed by atoms with van der Waals surface area (Å²) < 4.78 is 1.81. The molecule has 0 radical (unpaired) electrons. The first kappa shape index (κ1) is 12.3. The van der Waals surface area contributed by atoms with E-state index in [4.69, 9.17) is 0 Å². The van der Waals surface area contributed by atoms with Gasteiger partial charge in [0.2, 0.25) is 0 Å². The van der Waals surface area contributed by atoms with Gasteiger partial charge in [0.25, 0.3) is 5.56 Å².